The molecular formula is C29H37N5O5. The van der Waals surface area contributed by atoms with E-state index in [1.54, 1.807) is 19.2 Å². The molecule has 0 aliphatic carbocycles. The Bertz CT molecular complexity index is 1190. The Morgan fingerprint density at radius 2 is 1.44 bits per heavy atom. The van der Waals surface area contributed by atoms with Crippen LogP contribution in [0, 0.1) is 0 Å². The topological polar surface area (TPSA) is 150 Å². The molecule has 2 aliphatic heterocycles. The van der Waals surface area contributed by atoms with Gasteiger partial charge < -0.3 is 31.3 Å². The largest absolute Gasteiger partial charge is 0.508 e. The van der Waals surface area contributed by atoms with Gasteiger partial charge in [-0.15, -0.1) is 0 Å². The van der Waals surface area contributed by atoms with E-state index < -0.39 is 30.1 Å². The minimum absolute atomic E-state index is 0.127. The van der Waals surface area contributed by atoms with Gasteiger partial charge in [0.1, 0.15) is 23.9 Å². The van der Waals surface area contributed by atoms with Crippen LogP contribution in [0.3, 0.4) is 0 Å². The Labute approximate surface area is 228 Å². The van der Waals surface area contributed by atoms with Gasteiger partial charge in [-0.25, -0.2) is 0 Å². The summed E-state index contributed by atoms with van der Waals surface area (Å²) in [5, 5.41) is 9.51. The zero-order chi connectivity index (χ0) is 28.1. The highest BCUT2D eigenvalue weighted by molar-refractivity contribution is 5.95. The number of primary amides is 1. The predicted molar refractivity (Wildman–Crippen MR) is 145 cm³/mol. The van der Waals surface area contributed by atoms with Crippen molar-refractivity contribution in [2.75, 3.05) is 20.1 Å². The number of nitrogens with zero attached hydrogens (tertiary/aromatic N) is 3. The van der Waals surface area contributed by atoms with Crippen molar-refractivity contribution in [2.45, 2.75) is 62.7 Å². The molecule has 10 nitrogen and oxygen atoms in total. The van der Waals surface area contributed by atoms with Crippen molar-refractivity contribution < 1.29 is 24.3 Å². The van der Waals surface area contributed by atoms with Crippen molar-refractivity contribution in [1.29, 1.82) is 0 Å². The number of benzene rings is 2. The molecule has 39 heavy (non-hydrogen) atoms. The molecule has 5 N–H and O–H groups in total. The maximum absolute atomic E-state index is 13.8. The molecule has 2 aromatic carbocycles. The summed E-state index contributed by atoms with van der Waals surface area (Å²) in [7, 11) is 1.58. The van der Waals surface area contributed by atoms with Gasteiger partial charge in [0.25, 0.3) is 0 Å². The highest BCUT2D eigenvalue weighted by Gasteiger charge is 2.43. The van der Waals surface area contributed by atoms with Crippen LogP contribution in [0.25, 0.3) is 0 Å². The van der Waals surface area contributed by atoms with Gasteiger partial charge in [0.05, 0.1) is 6.04 Å². The zero-order valence-electron chi connectivity index (χ0n) is 22.2. The van der Waals surface area contributed by atoms with Crippen LogP contribution in [0.15, 0.2) is 54.6 Å². The molecule has 4 amide bonds. The first kappa shape index (κ1) is 28.1. The van der Waals surface area contributed by atoms with Gasteiger partial charge >= 0.3 is 0 Å². The van der Waals surface area contributed by atoms with Crippen molar-refractivity contribution in [3.05, 3.63) is 65.7 Å². The molecule has 4 atom stereocenters. The van der Waals surface area contributed by atoms with E-state index in [0.29, 0.717) is 38.8 Å². The molecule has 4 rings (SSSR count). The lowest BCUT2D eigenvalue weighted by Crippen LogP contribution is -2.58. The predicted octanol–water partition coefficient (Wildman–Crippen LogP) is 0.799. The Kier molecular flexibility index (Phi) is 8.86. The van der Waals surface area contributed by atoms with Gasteiger partial charge in [0.15, 0.2) is 0 Å². The van der Waals surface area contributed by atoms with Crippen LogP contribution in [0.4, 0.5) is 0 Å². The van der Waals surface area contributed by atoms with Crippen LogP contribution in [0.5, 0.6) is 5.75 Å². The molecule has 2 aliphatic rings. The quantitative estimate of drug-likeness (QED) is 0.432. The second kappa shape index (κ2) is 12.3. The number of likely N-dealkylation sites (tertiary alicyclic amines) is 2. The van der Waals surface area contributed by atoms with Crippen LogP contribution in [-0.2, 0) is 32.0 Å². The summed E-state index contributed by atoms with van der Waals surface area (Å²) in [6.07, 6.45) is 2.82. The van der Waals surface area contributed by atoms with Gasteiger partial charge in [-0.2, -0.15) is 0 Å². The second-order valence-corrected chi connectivity index (χ2v) is 10.4. The standard InChI is InChI=1S/C29H37N5O5/c1-32(25(18-19-7-3-2-4-8-19)29(39)33-15-5-9-23(33)26(31)36)28(38)24-10-6-16-34(24)27(37)22(30)17-20-11-13-21(35)14-12-20/h2-4,7-8,11-14,22-25,35H,5-6,9-10,15-18,30H2,1H3,(H2,31,36)/t22-,23-,24+,25-/m1/s1. The Balaban J connectivity index is 1.52. The minimum Gasteiger partial charge on any atom is -0.508 e. The van der Waals surface area contributed by atoms with E-state index in [4.69, 9.17) is 11.5 Å². The summed E-state index contributed by atoms with van der Waals surface area (Å²) in [4.78, 5) is 57.4. The van der Waals surface area contributed by atoms with E-state index >= 15 is 0 Å². The smallest absolute Gasteiger partial charge is 0.246 e. The number of aromatic hydroxyl groups is 1. The van der Waals surface area contributed by atoms with E-state index in [1.807, 2.05) is 30.3 Å². The average Bonchev–Trinajstić information content (AvgIpc) is 3.62. The number of carbonyl (C=O) groups excluding carboxylic acids is 4. The summed E-state index contributed by atoms with van der Waals surface area (Å²) in [6, 6.07) is 12.8. The normalized spacial score (nSPS) is 20.5. The summed E-state index contributed by atoms with van der Waals surface area (Å²) in [5.41, 5.74) is 13.5. The molecule has 10 heteroatoms. The molecule has 2 saturated heterocycles. The van der Waals surface area contributed by atoms with Crippen LogP contribution in [-0.4, -0.2) is 87.7 Å². The monoisotopic (exact) mass is 535 g/mol. The Morgan fingerprint density at radius 3 is 2.05 bits per heavy atom. The van der Waals surface area contributed by atoms with Gasteiger partial charge in [-0.05, 0) is 55.4 Å². The minimum atomic E-state index is -0.858. The maximum Gasteiger partial charge on any atom is 0.246 e. The van der Waals surface area contributed by atoms with Gasteiger partial charge in [0.2, 0.25) is 23.6 Å². The Hall–Kier alpha value is -3.92. The van der Waals surface area contributed by atoms with Crippen LogP contribution in [0.1, 0.15) is 36.8 Å². The fraction of sp³-hybridized carbons (Fsp3) is 0.448. The molecule has 0 spiro atoms. The van der Waals surface area contributed by atoms with E-state index in [2.05, 4.69) is 0 Å². The third kappa shape index (κ3) is 6.39. The first-order valence-electron chi connectivity index (χ1n) is 13.4. The molecule has 2 aromatic rings. The number of phenolic OH excluding ortho intramolecular Hbond substituents is 1. The summed E-state index contributed by atoms with van der Waals surface area (Å²) in [6.45, 7) is 0.805. The van der Waals surface area contributed by atoms with Crippen molar-refractivity contribution in [2.24, 2.45) is 11.5 Å². The number of amides is 4. The van der Waals surface area contributed by atoms with E-state index in [9.17, 15) is 24.3 Å². The average molecular weight is 536 g/mol. The van der Waals surface area contributed by atoms with Crippen molar-refractivity contribution in [3.8, 4) is 5.75 Å². The first-order chi connectivity index (χ1) is 18.7. The third-order valence-corrected chi connectivity index (χ3v) is 7.77. The van der Waals surface area contributed by atoms with E-state index in [0.717, 1.165) is 11.1 Å². The SMILES string of the molecule is CN(C(=O)[C@@H]1CCCN1C(=O)[C@H](N)Cc1ccc(O)cc1)[C@H](Cc1ccccc1)C(=O)N1CCC[C@@H]1C(N)=O. The molecular weight excluding hydrogens is 498 g/mol. The lowest BCUT2D eigenvalue weighted by atomic mass is 10.0. The fourth-order valence-corrected chi connectivity index (χ4v) is 5.61. The summed E-state index contributed by atoms with van der Waals surface area (Å²) in [5.74, 6) is -1.41. The molecule has 2 heterocycles. The van der Waals surface area contributed by atoms with E-state index in [1.165, 1.54) is 26.8 Å². The third-order valence-electron chi connectivity index (χ3n) is 7.77. The maximum atomic E-state index is 13.8. The van der Waals surface area contributed by atoms with Crippen molar-refractivity contribution in [1.82, 2.24) is 14.7 Å². The highest BCUT2D eigenvalue weighted by Crippen LogP contribution is 2.25. The molecule has 2 fully saturated rings. The number of likely N-dealkylation sites (N-methyl/N-ethyl adjacent to an activating group) is 1. The molecule has 0 unspecified atom stereocenters. The van der Waals surface area contributed by atoms with Crippen molar-refractivity contribution in [3.63, 3.8) is 0 Å². The Morgan fingerprint density at radius 1 is 0.872 bits per heavy atom. The lowest BCUT2D eigenvalue weighted by Gasteiger charge is -2.36. The van der Waals surface area contributed by atoms with Gasteiger partial charge in [-0.1, -0.05) is 42.5 Å². The number of hydrogen-bond donors (Lipinski definition) is 3. The van der Waals surface area contributed by atoms with Crippen LogP contribution >= 0.6 is 0 Å². The van der Waals surface area contributed by atoms with Crippen LogP contribution in [0.2, 0.25) is 0 Å². The summed E-state index contributed by atoms with van der Waals surface area (Å²) >= 11 is 0. The molecule has 0 radical (unpaired) electrons. The van der Waals surface area contributed by atoms with Gasteiger partial charge in [0, 0.05) is 26.6 Å². The number of hydrogen-bond acceptors (Lipinski definition) is 6. The molecule has 208 valence electrons. The highest BCUT2D eigenvalue weighted by atomic mass is 16.3. The number of carbonyl (C=O) groups is 4. The fourth-order valence-electron chi connectivity index (χ4n) is 5.61. The second-order valence-electron chi connectivity index (χ2n) is 10.4. The van der Waals surface area contributed by atoms with E-state index in [-0.39, 0.29) is 36.3 Å². The molecule has 0 saturated carbocycles. The zero-order valence-corrected chi connectivity index (χ0v) is 22.2. The lowest BCUT2D eigenvalue weighted by molar-refractivity contribution is -0.151. The molecule has 0 bridgehead atoms. The van der Waals surface area contributed by atoms with Crippen molar-refractivity contribution >= 4 is 23.6 Å². The molecule has 0 aromatic heterocycles. The summed E-state index contributed by atoms with van der Waals surface area (Å²) < 4.78 is 0. The number of phenols is 1. The first-order valence-corrected chi connectivity index (χ1v) is 13.4. The number of nitrogens with two attached hydrogens (primary N) is 2. The number of rotatable bonds is 9. The van der Waals surface area contributed by atoms with Crippen LogP contribution < -0.4 is 11.5 Å². The van der Waals surface area contributed by atoms with Gasteiger partial charge in [-0.3, -0.25) is 19.2 Å².